The first-order valence-electron chi connectivity index (χ1n) is 15.5. The van der Waals surface area contributed by atoms with Gasteiger partial charge in [-0.05, 0) is 34.7 Å². The Morgan fingerprint density at radius 2 is 1.58 bits per heavy atom. The van der Waals surface area contributed by atoms with Gasteiger partial charge in [0.05, 0.1) is 34.9 Å². The lowest BCUT2D eigenvalue weighted by molar-refractivity contribution is -0.140. The second-order valence-electron chi connectivity index (χ2n) is 12.2. The molecule has 10 nitrogen and oxygen atoms in total. The fourth-order valence-corrected chi connectivity index (χ4v) is 6.62. The molecule has 2 aliphatic rings. The van der Waals surface area contributed by atoms with Crippen LogP contribution >= 0.6 is 11.6 Å². The minimum Gasteiger partial charge on any atom is -0.507 e. The first-order chi connectivity index (χ1) is 22.9. The maximum absolute atomic E-state index is 14.3. The number of Topliss-reactive ketones (excluding diaryl/α,β-unsaturated/α-hetero) is 2. The third-order valence-corrected chi connectivity index (χ3v) is 9.45. The minimum absolute atomic E-state index is 0.0128. The van der Waals surface area contributed by atoms with Gasteiger partial charge in [-0.2, -0.15) is 0 Å². The molecule has 0 amide bonds. The van der Waals surface area contributed by atoms with Crippen molar-refractivity contribution in [2.75, 3.05) is 28.4 Å². The molecule has 0 aromatic heterocycles. The highest BCUT2D eigenvalue weighted by molar-refractivity contribution is 6.35. The Labute approximate surface area is 284 Å². The summed E-state index contributed by atoms with van der Waals surface area (Å²) in [7, 11) is 5.52. The van der Waals surface area contributed by atoms with Gasteiger partial charge in [-0.1, -0.05) is 62.7 Å². The summed E-state index contributed by atoms with van der Waals surface area (Å²) in [5.41, 5.74) is 0.430. The number of hydrogen-bond acceptors (Lipinski definition) is 10. The average Bonchev–Trinajstić information content (AvgIpc) is 3.40. The van der Waals surface area contributed by atoms with Gasteiger partial charge >= 0.3 is 5.97 Å². The predicted molar refractivity (Wildman–Crippen MR) is 178 cm³/mol. The van der Waals surface area contributed by atoms with Crippen LogP contribution in [0.15, 0.2) is 59.9 Å². The molecule has 0 radical (unpaired) electrons. The molecule has 1 spiro atoms. The minimum atomic E-state index is -2.02. The van der Waals surface area contributed by atoms with Crippen LogP contribution in [-0.2, 0) is 20.9 Å². The lowest BCUT2D eigenvalue weighted by atomic mass is 9.69. The highest BCUT2D eigenvalue weighted by atomic mass is 35.5. The summed E-state index contributed by atoms with van der Waals surface area (Å²) in [5.74, 6) is -2.71. The van der Waals surface area contributed by atoms with E-state index in [4.69, 9.17) is 40.0 Å². The molecule has 0 saturated heterocycles. The van der Waals surface area contributed by atoms with Crippen LogP contribution in [0.25, 0.3) is 0 Å². The molecule has 1 heterocycles. The zero-order chi connectivity index (χ0) is 34.9. The van der Waals surface area contributed by atoms with Crippen LogP contribution in [0.3, 0.4) is 0 Å². The Bertz CT molecular complexity index is 1780. The van der Waals surface area contributed by atoms with E-state index in [0.29, 0.717) is 23.0 Å². The number of halogens is 1. The fraction of sp³-hybridized carbons (Fsp3) is 0.378. The number of benzene rings is 3. The first-order valence-corrected chi connectivity index (χ1v) is 15.9. The quantitative estimate of drug-likeness (QED) is 0.209. The van der Waals surface area contributed by atoms with Gasteiger partial charge in [0.1, 0.15) is 28.7 Å². The number of hydrogen-bond donors (Lipinski definition) is 1. The van der Waals surface area contributed by atoms with E-state index >= 15 is 0 Å². The maximum Gasteiger partial charge on any atom is 0.306 e. The molecule has 48 heavy (non-hydrogen) atoms. The van der Waals surface area contributed by atoms with Crippen molar-refractivity contribution in [2.24, 2.45) is 5.92 Å². The van der Waals surface area contributed by atoms with Crippen LogP contribution in [0.5, 0.6) is 28.7 Å². The van der Waals surface area contributed by atoms with E-state index < -0.39 is 40.7 Å². The molecule has 1 N–H and O–H groups in total. The van der Waals surface area contributed by atoms with Crippen molar-refractivity contribution >= 4 is 29.1 Å². The standard InChI is InChI=1S/C37H39ClO10/c1-19(2)22-10-8-21(9-11-22)18-47-27-15-23(12-13-26(27)43-4)24(16-30(40)46-7)31-25(39)14-20(3)37(35(31)41)36(42)32-28(44-5)17-29(45-6)33(38)34(32)48-37/h8-13,15,17,19-20,24,41H,14,16,18H2,1-7H3/t20-,24+,37+/m1/s1. The smallest absolute Gasteiger partial charge is 0.306 e. The normalized spacial score (nSPS) is 19.2. The number of esters is 1. The number of ketones is 2. The van der Waals surface area contributed by atoms with Crippen molar-refractivity contribution in [3.05, 3.63) is 87.1 Å². The zero-order valence-electron chi connectivity index (χ0n) is 28.0. The van der Waals surface area contributed by atoms with E-state index in [1.54, 1.807) is 25.1 Å². The van der Waals surface area contributed by atoms with Gasteiger partial charge in [0.2, 0.25) is 11.4 Å². The van der Waals surface area contributed by atoms with Gasteiger partial charge in [0.25, 0.3) is 0 Å². The third-order valence-electron chi connectivity index (χ3n) is 9.09. The number of allylic oxidation sites excluding steroid dienone is 1. The van der Waals surface area contributed by atoms with E-state index in [0.717, 1.165) is 5.56 Å². The molecule has 0 unspecified atom stereocenters. The van der Waals surface area contributed by atoms with Crippen molar-refractivity contribution in [2.45, 2.75) is 57.7 Å². The van der Waals surface area contributed by atoms with E-state index in [1.165, 1.54) is 40.1 Å². The van der Waals surface area contributed by atoms with E-state index in [-0.39, 0.29) is 52.9 Å². The summed E-state index contributed by atoms with van der Waals surface area (Å²) in [4.78, 5) is 41.0. The molecule has 3 atom stereocenters. The topological polar surface area (TPSA) is 127 Å². The molecule has 3 aromatic carbocycles. The van der Waals surface area contributed by atoms with Crippen LogP contribution in [0.2, 0.25) is 5.02 Å². The number of aliphatic hydroxyl groups is 1. The van der Waals surface area contributed by atoms with Crippen LogP contribution in [0, 0.1) is 5.92 Å². The average molecular weight is 679 g/mol. The molecule has 11 heteroatoms. The van der Waals surface area contributed by atoms with Gasteiger partial charge in [0, 0.05) is 29.9 Å². The Hall–Kier alpha value is -4.70. The molecule has 1 aliphatic carbocycles. The van der Waals surface area contributed by atoms with E-state index in [9.17, 15) is 19.5 Å². The van der Waals surface area contributed by atoms with Gasteiger partial charge in [-0.3, -0.25) is 14.4 Å². The van der Waals surface area contributed by atoms with Crippen LogP contribution < -0.4 is 23.7 Å². The molecule has 254 valence electrons. The SMILES string of the molecule is COC(=O)C[C@H](C1=C(O)[C@@]2(Oc3c(Cl)c(OC)cc(OC)c3C2=O)[C@H](C)CC1=O)c1ccc(OC)c(OCc2ccc(C(C)C)cc2)c1. The second-order valence-corrected chi connectivity index (χ2v) is 12.6. The molecular weight excluding hydrogens is 640 g/mol. The van der Waals surface area contributed by atoms with Gasteiger partial charge < -0.3 is 33.5 Å². The van der Waals surface area contributed by atoms with Gasteiger partial charge in [0.15, 0.2) is 28.8 Å². The summed E-state index contributed by atoms with van der Waals surface area (Å²) in [6.07, 6.45) is -0.493. The highest BCUT2D eigenvalue weighted by Gasteiger charge is 2.61. The Kier molecular flexibility index (Phi) is 9.96. The van der Waals surface area contributed by atoms with Crippen molar-refractivity contribution in [1.82, 2.24) is 0 Å². The third kappa shape index (κ3) is 5.94. The Balaban J connectivity index is 1.61. The summed E-state index contributed by atoms with van der Waals surface area (Å²) in [6, 6.07) is 14.5. The summed E-state index contributed by atoms with van der Waals surface area (Å²) in [6.45, 7) is 6.10. The molecule has 0 fully saturated rings. The number of carbonyl (C=O) groups excluding carboxylic acids is 3. The first kappa shape index (κ1) is 34.6. The Morgan fingerprint density at radius 1 is 0.938 bits per heavy atom. The predicted octanol–water partition coefficient (Wildman–Crippen LogP) is 7.15. The summed E-state index contributed by atoms with van der Waals surface area (Å²) in [5, 5.41) is 12.1. The second kappa shape index (κ2) is 13.8. The highest BCUT2D eigenvalue weighted by Crippen LogP contribution is 2.56. The largest absolute Gasteiger partial charge is 0.507 e. The lowest BCUT2D eigenvalue weighted by Crippen LogP contribution is -2.53. The van der Waals surface area contributed by atoms with Crippen molar-refractivity contribution in [3.8, 4) is 28.7 Å². The van der Waals surface area contributed by atoms with E-state index in [1.807, 2.05) is 24.3 Å². The van der Waals surface area contributed by atoms with Crippen LogP contribution in [0.1, 0.15) is 72.5 Å². The number of aliphatic hydroxyl groups excluding tert-OH is 1. The van der Waals surface area contributed by atoms with Gasteiger partial charge in [-0.15, -0.1) is 0 Å². The summed E-state index contributed by atoms with van der Waals surface area (Å²) >= 11 is 6.59. The number of carbonyl (C=O) groups is 3. The van der Waals surface area contributed by atoms with Crippen LogP contribution in [-0.4, -0.2) is 56.7 Å². The molecule has 0 bridgehead atoms. The molecule has 0 saturated carbocycles. The number of methoxy groups -OCH3 is 4. The number of ether oxygens (including phenoxy) is 6. The number of rotatable bonds is 11. The van der Waals surface area contributed by atoms with Crippen molar-refractivity contribution < 1.29 is 47.9 Å². The monoisotopic (exact) mass is 678 g/mol. The zero-order valence-corrected chi connectivity index (χ0v) is 28.7. The molecule has 1 aliphatic heterocycles. The van der Waals surface area contributed by atoms with Gasteiger partial charge in [-0.25, -0.2) is 0 Å². The maximum atomic E-state index is 14.3. The lowest BCUT2D eigenvalue weighted by Gasteiger charge is -2.38. The van der Waals surface area contributed by atoms with Crippen molar-refractivity contribution in [3.63, 3.8) is 0 Å². The molecule has 5 rings (SSSR count). The Morgan fingerprint density at radius 3 is 2.19 bits per heavy atom. The van der Waals surface area contributed by atoms with E-state index in [2.05, 4.69) is 13.8 Å². The molecule has 3 aromatic rings. The van der Waals surface area contributed by atoms with Crippen LogP contribution in [0.4, 0.5) is 0 Å². The fourth-order valence-electron chi connectivity index (χ4n) is 6.36. The van der Waals surface area contributed by atoms with Crippen molar-refractivity contribution in [1.29, 1.82) is 0 Å². The number of fused-ring (bicyclic) bond motifs is 1. The summed E-state index contributed by atoms with van der Waals surface area (Å²) < 4.78 is 33.9. The molecular formula is C37H39ClO10.